The first kappa shape index (κ1) is 25.2. The molecular weight excluding hydrogens is 479 g/mol. The fourth-order valence-corrected chi connectivity index (χ4v) is 6.25. The zero-order chi connectivity index (χ0) is 25.1. The largest absolute Gasteiger partial charge is 0.489 e. The highest BCUT2D eigenvalue weighted by Gasteiger charge is 2.31. The van der Waals surface area contributed by atoms with E-state index in [2.05, 4.69) is 17.0 Å². The van der Waals surface area contributed by atoms with Crippen LogP contribution in [0.15, 0.2) is 36.4 Å². The molecule has 36 heavy (non-hydrogen) atoms. The molecule has 2 aromatic rings. The van der Waals surface area contributed by atoms with Crippen molar-refractivity contribution in [2.75, 3.05) is 19.7 Å². The smallest absolute Gasteiger partial charge is 0.229 e. The third-order valence-corrected chi connectivity index (χ3v) is 8.15. The molecule has 2 aliphatic carbocycles. The summed E-state index contributed by atoms with van der Waals surface area (Å²) in [6.45, 7) is 1.93. The number of halogens is 2. The number of carbonyl (C=O) groups excluding carboxylic acids is 2. The molecule has 7 heteroatoms. The second-order valence-corrected chi connectivity index (χ2v) is 10.8. The van der Waals surface area contributed by atoms with E-state index in [9.17, 15) is 14.0 Å². The average molecular weight is 513 g/mol. The van der Waals surface area contributed by atoms with Crippen LogP contribution in [0.3, 0.4) is 0 Å². The van der Waals surface area contributed by atoms with Gasteiger partial charge in [0.15, 0.2) is 11.6 Å². The number of benzene rings is 2. The number of imide groups is 1. The van der Waals surface area contributed by atoms with Crippen LogP contribution in [0.25, 0.3) is 0 Å². The van der Waals surface area contributed by atoms with Crippen molar-refractivity contribution in [3.63, 3.8) is 0 Å². The third-order valence-electron chi connectivity index (χ3n) is 7.92. The van der Waals surface area contributed by atoms with Crippen LogP contribution in [0.4, 0.5) is 4.39 Å². The number of fused-ring (bicyclic) bond motifs is 1. The van der Waals surface area contributed by atoms with E-state index in [1.54, 1.807) is 12.1 Å². The summed E-state index contributed by atoms with van der Waals surface area (Å²) in [4.78, 5) is 27.2. The molecular formula is C29H34ClFN2O3. The summed E-state index contributed by atoms with van der Waals surface area (Å²) >= 11 is 6.25. The third kappa shape index (κ3) is 5.76. The highest BCUT2D eigenvalue weighted by atomic mass is 35.5. The Kier molecular flexibility index (Phi) is 7.92. The first-order valence-corrected chi connectivity index (χ1v) is 13.6. The van der Waals surface area contributed by atoms with Crippen molar-refractivity contribution in [1.82, 2.24) is 9.80 Å². The fraction of sp³-hybridized carbons (Fsp3) is 0.517. The lowest BCUT2D eigenvalue weighted by molar-refractivity contribution is -0.138. The Labute approximate surface area is 217 Å². The summed E-state index contributed by atoms with van der Waals surface area (Å²) in [5, 5.41) is 0.782. The van der Waals surface area contributed by atoms with Crippen LogP contribution in [0, 0.1) is 11.7 Å². The summed E-state index contributed by atoms with van der Waals surface area (Å²) < 4.78 is 20.6. The van der Waals surface area contributed by atoms with E-state index < -0.39 is 5.82 Å². The minimum Gasteiger partial charge on any atom is -0.489 e. The predicted octanol–water partition coefficient (Wildman–Crippen LogP) is 6.08. The number of nitrogens with zero attached hydrogens (tertiary/aromatic N) is 2. The van der Waals surface area contributed by atoms with Gasteiger partial charge in [-0.3, -0.25) is 19.4 Å². The molecule has 3 aliphatic rings. The van der Waals surface area contributed by atoms with Crippen LogP contribution >= 0.6 is 11.6 Å². The molecule has 0 radical (unpaired) electrons. The van der Waals surface area contributed by atoms with Gasteiger partial charge in [-0.05, 0) is 72.6 Å². The molecule has 0 spiro atoms. The average Bonchev–Trinajstić information content (AvgIpc) is 3.43. The number of rotatable bonds is 9. The lowest BCUT2D eigenvalue weighted by atomic mass is 9.88. The zero-order valence-electron chi connectivity index (χ0n) is 20.7. The minimum absolute atomic E-state index is 0.0863. The first-order valence-electron chi connectivity index (χ1n) is 13.2. The zero-order valence-corrected chi connectivity index (χ0v) is 21.4. The number of hydrogen-bond donors (Lipinski definition) is 0. The van der Waals surface area contributed by atoms with Gasteiger partial charge in [-0.2, -0.15) is 0 Å². The Bertz CT molecular complexity index is 1100. The van der Waals surface area contributed by atoms with Crippen LogP contribution in [0.1, 0.15) is 74.1 Å². The minimum atomic E-state index is -0.414. The van der Waals surface area contributed by atoms with Crippen molar-refractivity contribution < 1.29 is 18.7 Å². The van der Waals surface area contributed by atoms with Gasteiger partial charge >= 0.3 is 0 Å². The maximum absolute atomic E-state index is 15.0. The molecule has 1 heterocycles. The summed E-state index contributed by atoms with van der Waals surface area (Å²) in [6.07, 6.45) is 9.02. The van der Waals surface area contributed by atoms with Gasteiger partial charge in [0.2, 0.25) is 11.8 Å². The summed E-state index contributed by atoms with van der Waals surface area (Å²) in [7, 11) is 0. The molecule has 0 unspecified atom stereocenters. The standard InChI is InChI=1S/C29H34ClFN2O3/c30-23-8-9-24-22(17-23)7-10-26(24)32(18-20-4-2-1-3-5-20)19-21-6-11-27(25(31)16-21)36-15-14-33-28(34)12-13-29(33)35/h6,8-9,11,16-17,20,26H,1-5,7,10,12-15,18-19H2/t26-/m0/s1. The topological polar surface area (TPSA) is 49.9 Å². The van der Waals surface area contributed by atoms with Gasteiger partial charge in [0.1, 0.15) is 6.61 Å². The second-order valence-electron chi connectivity index (χ2n) is 10.4. The van der Waals surface area contributed by atoms with Gasteiger partial charge in [-0.15, -0.1) is 0 Å². The molecule has 1 atom stereocenters. The molecule has 5 rings (SSSR count). The van der Waals surface area contributed by atoms with E-state index in [-0.39, 0.29) is 43.6 Å². The number of amides is 2. The van der Waals surface area contributed by atoms with E-state index in [1.807, 2.05) is 12.1 Å². The fourth-order valence-electron chi connectivity index (χ4n) is 6.06. The summed E-state index contributed by atoms with van der Waals surface area (Å²) in [5.74, 6) is 0.0420. The van der Waals surface area contributed by atoms with Crippen molar-refractivity contribution in [2.45, 2.75) is 70.4 Å². The van der Waals surface area contributed by atoms with Gasteiger partial charge in [0.05, 0.1) is 6.54 Å². The summed E-state index contributed by atoms with van der Waals surface area (Å²) in [6, 6.07) is 11.7. The van der Waals surface area contributed by atoms with E-state index in [4.69, 9.17) is 16.3 Å². The van der Waals surface area contributed by atoms with Crippen LogP contribution in [0.2, 0.25) is 5.02 Å². The van der Waals surface area contributed by atoms with Crippen molar-refractivity contribution >= 4 is 23.4 Å². The Balaban J connectivity index is 1.27. The molecule has 0 N–H and O–H groups in total. The molecule has 0 bridgehead atoms. The molecule has 2 aromatic carbocycles. The first-order chi connectivity index (χ1) is 17.5. The van der Waals surface area contributed by atoms with Crippen LogP contribution in [0.5, 0.6) is 5.75 Å². The number of aryl methyl sites for hydroxylation is 1. The highest BCUT2D eigenvalue weighted by Crippen LogP contribution is 2.39. The summed E-state index contributed by atoms with van der Waals surface area (Å²) in [5.41, 5.74) is 3.59. The van der Waals surface area contributed by atoms with Crippen molar-refractivity contribution in [3.8, 4) is 5.75 Å². The Morgan fingerprint density at radius 2 is 1.75 bits per heavy atom. The molecule has 1 saturated heterocycles. The van der Waals surface area contributed by atoms with Crippen LogP contribution < -0.4 is 4.74 Å². The van der Waals surface area contributed by atoms with Gasteiger partial charge in [0, 0.05) is 37.0 Å². The molecule has 1 saturated carbocycles. The van der Waals surface area contributed by atoms with Crippen molar-refractivity contribution in [1.29, 1.82) is 0 Å². The van der Waals surface area contributed by atoms with Crippen molar-refractivity contribution in [3.05, 3.63) is 63.9 Å². The number of ether oxygens (including phenoxy) is 1. The maximum Gasteiger partial charge on any atom is 0.229 e. The Morgan fingerprint density at radius 1 is 0.972 bits per heavy atom. The van der Waals surface area contributed by atoms with Gasteiger partial charge in [-0.1, -0.05) is 43.0 Å². The molecule has 0 aromatic heterocycles. The second kappa shape index (κ2) is 11.3. The van der Waals surface area contributed by atoms with E-state index in [0.29, 0.717) is 18.5 Å². The van der Waals surface area contributed by atoms with Gasteiger partial charge in [0.25, 0.3) is 0 Å². The molecule has 5 nitrogen and oxygen atoms in total. The Hall–Kier alpha value is -2.44. The molecule has 1 aliphatic heterocycles. The maximum atomic E-state index is 15.0. The van der Waals surface area contributed by atoms with E-state index in [1.165, 1.54) is 48.1 Å². The number of hydrogen-bond acceptors (Lipinski definition) is 4. The lowest BCUT2D eigenvalue weighted by Crippen LogP contribution is -2.33. The molecule has 2 amide bonds. The SMILES string of the molecule is O=C1CCC(=O)N1CCOc1ccc(CN(CC2CCCCC2)[C@H]2CCc3cc(Cl)ccc32)cc1F. The van der Waals surface area contributed by atoms with Crippen LogP contribution in [-0.4, -0.2) is 41.3 Å². The number of carbonyl (C=O) groups is 2. The lowest BCUT2D eigenvalue weighted by Gasteiger charge is -2.34. The molecule has 192 valence electrons. The highest BCUT2D eigenvalue weighted by molar-refractivity contribution is 6.30. The van der Waals surface area contributed by atoms with Gasteiger partial charge < -0.3 is 4.74 Å². The monoisotopic (exact) mass is 512 g/mol. The van der Waals surface area contributed by atoms with E-state index >= 15 is 0 Å². The van der Waals surface area contributed by atoms with Crippen LogP contribution in [-0.2, 0) is 22.6 Å². The van der Waals surface area contributed by atoms with Crippen molar-refractivity contribution in [2.24, 2.45) is 5.92 Å². The normalized spacial score (nSPS) is 20.4. The predicted molar refractivity (Wildman–Crippen MR) is 137 cm³/mol. The van der Waals surface area contributed by atoms with E-state index in [0.717, 1.165) is 30.0 Å². The molecule has 2 fully saturated rings. The Morgan fingerprint density at radius 3 is 2.50 bits per heavy atom. The van der Waals surface area contributed by atoms with Gasteiger partial charge in [-0.25, -0.2) is 4.39 Å². The number of likely N-dealkylation sites (tertiary alicyclic amines) is 1. The quantitative estimate of drug-likeness (QED) is 0.382.